The zero-order chi connectivity index (χ0) is 22.2. The molecule has 8 heteroatoms. The molecule has 3 aromatic rings. The van der Waals surface area contributed by atoms with Crippen LogP contribution in [0, 0.1) is 12.8 Å². The molecule has 1 saturated carbocycles. The molecular formula is C24H23N5O3. The van der Waals surface area contributed by atoms with Gasteiger partial charge in [0, 0.05) is 11.8 Å². The van der Waals surface area contributed by atoms with E-state index in [2.05, 4.69) is 20.4 Å². The van der Waals surface area contributed by atoms with E-state index in [-0.39, 0.29) is 23.7 Å². The molecule has 0 spiro atoms. The molecule has 162 valence electrons. The predicted octanol–water partition coefficient (Wildman–Crippen LogP) is 3.98. The van der Waals surface area contributed by atoms with Crippen molar-refractivity contribution in [3.05, 3.63) is 53.7 Å². The number of anilines is 1. The number of ether oxygens (including phenoxy) is 1. The predicted molar refractivity (Wildman–Crippen MR) is 123 cm³/mol. The number of benzene rings is 2. The van der Waals surface area contributed by atoms with Gasteiger partial charge >= 0.3 is 0 Å². The molecule has 1 aromatic heterocycles. The topological polar surface area (TPSA) is 97.9 Å². The van der Waals surface area contributed by atoms with Gasteiger partial charge in [0.05, 0.1) is 23.8 Å². The summed E-state index contributed by atoms with van der Waals surface area (Å²) in [5.41, 5.74) is 1.96. The molecule has 1 unspecified atom stereocenters. The second kappa shape index (κ2) is 8.03. The van der Waals surface area contributed by atoms with Gasteiger partial charge < -0.3 is 10.1 Å². The molecule has 2 aliphatic rings. The van der Waals surface area contributed by atoms with Crippen molar-refractivity contribution in [2.45, 2.75) is 33.1 Å². The third kappa shape index (κ3) is 3.47. The minimum absolute atomic E-state index is 0.189. The first kappa shape index (κ1) is 20.1. The molecule has 32 heavy (non-hydrogen) atoms. The lowest BCUT2D eigenvalue weighted by atomic mass is 10.0. The lowest BCUT2D eigenvalue weighted by Crippen LogP contribution is -2.29. The molecule has 0 saturated heterocycles. The van der Waals surface area contributed by atoms with Crippen LogP contribution in [0.25, 0.3) is 10.8 Å². The largest absolute Gasteiger partial charge is 0.493 e. The molecule has 0 bridgehead atoms. The Morgan fingerprint density at radius 2 is 2.06 bits per heavy atom. The van der Waals surface area contributed by atoms with Crippen LogP contribution < -0.4 is 10.1 Å². The maximum atomic E-state index is 13.4. The number of fused-ring (bicyclic) bond motifs is 2. The van der Waals surface area contributed by atoms with Crippen LogP contribution in [0.2, 0.25) is 0 Å². The van der Waals surface area contributed by atoms with Crippen LogP contribution in [0.15, 0.2) is 52.4 Å². The van der Waals surface area contributed by atoms with Crippen molar-refractivity contribution in [3.8, 4) is 5.75 Å². The standard InChI is InChI=1S/C24H23N5O3/c1-3-32-19-12-11-15-7-4-5-8-16(15)21(19)23(31)26-20-13-14(2)28-29(20)24-25-18-10-6-9-17(18)22(30)27-24/h4-5,7-8,11-13,17H,3,6,9-10H2,1-2H3,(H,26,31). The van der Waals surface area contributed by atoms with E-state index < -0.39 is 0 Å². The number of carbonyl (C=O) groups is 2. The van der Waals surface area contributed by atoms with Crippen LogP contribution in [0.3, 0.4) is 0 Å². The van der Waals surface area contributed by atoms with Gasteiger partial charge in [-0.15, -0.1) is 0 Å². The van der Waals surface area contributed by atoms with E-state index in [1.165, 1.54) is 4.68 Å². The molecule has 1 aliphatic heterocycles. The smallest absolute Gasteiger partial charge is 0.261 e. The Kier molecular flexibility index (Phi) is 5.05. The highest BCUT2D eigenvalue weighted by Gasteiger charge is 2.33. The molecule has 2 aromatic carbocycles. The second-order valence-electron chi connectivity index (χ2n) is 7.93. The van der Waals surface area contributed by atoms with Crippen molar-refractivity contribution in [2.24, 2.45) is 15.9 Å². The Balaban J connectivity index is 1.53. The summed E-state index contributed by atoms with van der Waals surface area (Å²) < 4.78 is 7.17. The van der Waals surface area contributed by atoms with Crippen LogP contribution >= 0.6 is 0 Å². The zero-order valence-electron chi connectivity index (χ0n) is 18.0. The molecule has 0 radical (unpaired) electrons. The molecular weight excluding hydrogens is 406 g/mol. The molecule has 5 rings (SSSR count). The summed E-state index contributed by atoms with van der Waals surface area (Å²) in [5.74, 6) is 0.356. The van der Waals surface area contributed by atoms with Gasteiger partial charge in [0.15, 0.2) is 0 Å². The van der Waals surface area contributed by atoms with Crippen molar-refractivity contribution in [1.29, 1.82) is 0 Å². The third-order valence-electron chi connectivity index (χ3n) is 5.76. The Labute approximate surface area is 185 Å². The number of aliphatic imine (C=N–C) groups is 2. The average Bonchev–Trinajstić information content (AvgIpc) is 3.40. The van der Waals surface area contributed by atoms with Crippen LogP contribution in [-0.2, 0) is 4.79 Å². The number of hydrogen-bond acceptors (Lipinski definition) is 5. The van der Waals surface area contributed by atoms with Gasteiger partial charge in [-0.25, -0.2) is 4.99 Å². The quantitative estimate of drug-likeness (QED) is 0.678. The number of nitrogens with zero attached hydrogens (tertiary/aromatic N) is 4. The minimum Gasteiger partial charge on any atom is -0.493 e. The van der Waals surface area contributed by atoms with Crippen molar-refractivity contribution < 1.29 is 14.3 Å². The summed E-state index contributed by atoms with van der Waals surface area (Å²) in [5, 5.41) is 9.09. The Morgan fingerprint density at radius 1 is 1.22 bits per heavy atom. The number of aromatic nitrogens is 2. The monoisotopic (exact) mass is 429 g/mol. The highest BCUT2D eigenvalue weighted by Crippen LogP contribution is 2.30. The molecule has 1 fully saturated rings. The van der Waals surface area contributed by atoms with E-state index in [0.717, 1.165) is 35.7 Å². The average molecular weight is 429 g/mol. The maximum Gasteiger partial charge on any atom is 0.261 e. The SMILES string of the molecule is CCOc1ccc2ccccc2c1C(=O)Nc1cc(C)nn1C1=NC(=O)C2CCCC2=N1. The summed E-state index contributed by atoms with van der Waals surface area (Å²) >= 11 is 0. The number of hydrogen-bond donors (Lipinski definition) is 1. The van der Waals surface area contributed by atoms with Crippen molar-refractivity contribution in [3.63, 3.8) is 0 Å². The first-order chi connectivity index (χ1) is 15.5. The number of rotatable bonds is 4. The zero-order valence-corrected chi connectivity index (χ0v) is 18.0. The maximum absolute atomic E-state index is 13.4. The van der Waals surface area contributed by atoms with Crippen LogP contribution in [-0.4, -0.2) is 39.9 Å². The van der Waals surface area contributed by atoms with Gasteiger partial charge in [0.1, 0.15) is 11.6 Å². The molecule has 1 N–H and O–H groups in total. The minimum atomic E-state index is -0.333. The normalized spacial score (nSPS) is 17.7. The fourth-order valence-corrected chi connectivity index (χ4v) is 4.33. The van der Waals surface area contributed by atoms with Gasteiger partial charge in [0.2, 0.25) is 0 Å². The highest BCUT2D eigenvalue weighted by atomic mass is 16.5. The van der Waals surface area contributed by atoms with Gasteiger partial charge in [-0.05, 0) is 49.9 Å². The lowest BCUT2D eigenvalue weighted by Gasteiger charge is -2.16. The molecule has 2 amide bonds. The van der Waals surface area contributed by atoms with E-state index in [9.17, 15) is 9.59 Å². The van der Waals surface area contributed by atoms with E-state index in [1.807, 2.05) is 44.2 Å². The van der Waals surface area contributed by atoms with Crippen LogP contribution in [0.5, 0.6) is 5.75 Å². The number of nitrogens with one attached hydrogen (secondary N) is 1. The Morgan fingerprint density at radius 3 is 2.91 bits per heavy atom. The second-order valence-corrected chi connectivity index (χ2v) is 7.93. The summed E-state index contributed by atoms with van der Waals surface area (Å²) in [7, 11) is 0. The summed E-state index contributed by atoms with van der Waals surface area (Å²) in [4.78, 5) is 34.7. The number of carbonyl (C=O) groups excluding carboxylic acids is 2. The van der Waals surface area contributed by atoms with Gasteiger partial charge in [-0.3, -0.25) is 9.59 Å². The summed E-state index contributed by atoms with van der Waals surface area (Å²) in [6.45, 7) is 4.13. The van der Waals surface area contributed by atoms with Gasteiger partial charge in [-0.2, -0.15) is 14.8 Å². The molecule has 2 heterocycles. The number of amides is 2. The van der Waals surface area contributed by atoms with E-state index in [4.69, 9.17) is 4.74 Å². The number of aryl methyl sites for hydroxylation is 1. The van der Waals surface area contributed by atoms with E-state index in [1.54, 1.807) is 12.1 Å². The Bertz CT molecular complexity index is 1300. The third-order valence-corrected chi connectivity index (χ3v) is 5.76. The molecule has 1 atom stereocenters. The highest BCUT2D eigenvalue weighted by molar-refractivity contribution is 6.18. The van der Waals surface area contributed by atoms with Crippen LogP contribution in [0.1, 0.15) is 42.2 Å². The van der Waals surface area contributed by atoms with E-state index >= 15 is 0 Å². The molecule has 1 aliphatic carbocycles. The molecule has 8 nitrogen and oxygen atoms in total. The summed E-state index contributed by atoms with van der Waals surface area (Å²) in [6, 6.07) is 13.1. The van der Waals surface area contributed by atoms with E-state index in [0.29, 0.717) is 29.4 Å². The van der Waals surface area contributed by atoms with Gasteiger partial charge in [-0.1, -0.05) is 30.3 Å². The first-order valence-corrected chi connectivity index (χ1v) is 10.8. The van der Waals surface area contributed by atoms with Crippen LogP contribution in [0.4, 0.5) is 5.82 Å². The fourth-order valence-electron chi connectivity index (χ4n) is 4.33. The Hall–Kier alpha value is -3.81. The van der Waals surface area contributed by atoms with Gasteiger partial charge in [0.25, 0.3) is 17.8 Å². The summed E-state index contributed by atoms with van der Waals surface area (Å²) in [6.07, 6.45) is 2.50. The van der Waals surface area contributed by atoms with Crippen molar-refractivity contribution >= 4 is 40.1 Å². The lowest BCUT2D eigenvalue weighted by molar-refractivity contribution is -0.119. The van der Waals surface area contributed by atoms with Crippen molar-refractivity contribution in [2.75, 3.05) is 11.9 Å². The first-order valence-electron chi connectivity index (χ1n) is 10.8. The fraction of sp³-hybridized carbons (Fsp3) is 0.292. The van der Waals surface area contributed by atoms with Crippen molar-refractivity contribution in [1.82, 2.24) is 9.78 Å².